The Balaban J connectivity index is 2.04. The maximum atomic E-state index is 12.9. The molecule has 0 aliphatic rings. The number of nitrogens with one attached hydrogen (secondary N) is 1. The summed E-state index contributed by atoms with van der Waals surface area (Å²) >= 11 is 5.88. The van der Waals surface area contributed by atoms with Gasteiger partial charge in [-0.1, -0.05) is 11.6 Å². The molecule has 102 valence electrons. The third kappa shape index (κ3) is 3.49. The summed E-state index contributed by atoms with van der Waals surface area (Å²) in [5, 5.41) is 3.28. The Labute approximate surface area is 116 Å². The summed E-state index contributed by atoms with van der Waals surface area (Å²) in [5.41, 5.74) is 1.07. The van der Waals surface area contributed by atoms with Gasteiger partial charge in [0.25, 0.3) is 0 Å². The molecular weight excluding hydrogens is 269 g/mol. The van der Waals surface area contributed by atoms with Crippen molar-refractivity contribution < 1.29 is 13.5 Å². The molecule has 0 radical (unpaired) electrons. The molecule has 1 aromatic heterocycles. The molecule has 19 heavy (non-hydrogen) atoms. The van der Waals surface area contributed by atoms with Gasteiger partial charge in [0.15, 0.2) is 0 Å². The minimum Gasteiger partial charge on any atom is -0.484 e. The van der Waals surface area contributed by atoms with E-state index in [-0.39, 0.29) is 17.4 Å². The summed E-state index contributed by atoms with van der Waals surface area (Å²) in [6, 6.07) is 5.95. The maximum Gasteiger partial charge on any atom is 0.146 e. The van der Waals surface area contributed by atoms with Crippen LogP contribution >= 0.6 is 11.6 Å². The third-order valence-electron chi connectivity index (χ3n) is 2.67. The molecule has 1 aromatic carbocycles. The molecule has 0 amide bonds. The highest BCUT2D eigenvalue weighted by Crippen LogP contribution is 2.26. The Morgan fingerprint density at radius 3 is 2.84 bits per heavy atom. The molecule has 0 spiro atoms. The van der Waals surface area contributed by atoms with Crippen LogP contribution in [-0.4, -0.2) is 7.05 Å². The SMILES string of the molecule is CNCc1oc(COc2ccc(F)cc2Cl)cc1C. The molecule has 0 bridgehead atoms. The first-order valence-corrected chi connectivity index (χ1v) is 6.28. The zero-order chi connectivity index (χ0) is 13.8. The fourth-order valence-corrected chi connectivity index (χ4v) is 1.96. The smallest absolute Gasteiger partial charge is 0.146 e. The van der Waals surface area contributed by atoms with E-state index >= 15 is 0 Å². The number of ether oxygens (including phenoxy) is 1. The van der Waals surface area contributed by atoms with E-state index in [4.69, 9.17) is 20.8 Å². The fourth-order valence-electron chi connectivity index (χ4n) is 1.74. The van der Waals surface area contributed by atoms with Gasteiger partial charge in [-0.25, -0.2) is 4.39 Å². The minimum atomic E-state index is -0.387. The van der Waals surface area contributed by atoms with E-state index in [1.54, 1.807) is 0 Å². The van der Waals surface area contributed by atoms with Gasteiger partial charge in [0, 0.05) is 0 Å². The quantitative estimate of drug-likeness (QED) is 0.909. The second-order valence-corrected chi connectivity index (χ2v) is 4.62. The van der Waals surface area contributed by atoms with Crippen LogP contribution in [0.15, 0.2) is 28.7 Å². The molecule has 2 aromatic rings. The molecule has 0 atom stereocenters. The average molecular weight is 284 g/mol. The van der Waals surface area contributed by atoms with Crippen molar-refractivity contribution in [3.8, 4) is 5.75 Å². The van der Waals surface area contributed by atoms with Crippen molar-refractivity contribution in [3.63, 3.8) is 0 Å². The number of hydrogen-bond donors (Lipinski definition) is 1. The van der Waals surface area contributed by atoms with Gasteiger partial charge in [-0.15, -0.1) is 0 Å². The monoisotopic (exact) mass is 283 g/mol. The number of hydrogen-bond acceptors (Lipinski definition) is 3. The maximum absolute atomic E-state index is 12.9. The first kappa shape index (κ1) is 13.9. The molecule has 3 nitrogen and oxygen atoms in total. The van der Waals surface area contributed by atoms with E-state index in [0.717, 1.165) is 11.3 Å². The van der Waals surface area contributed by atoms with Crippen LogP contribution < -0.4 is 10.1 Å². The van der Waals surface area contributed by atoms with Crippen LogP contribution in [0.5, 0.6) is 5.75 Å². The summed E-state index contributed by atoms with van der Waals surface area (Å²) in [4.78, 5) is 0. The molecule has 0 unspecified atom stereocenters. The lowest BCUT2D eigenvalue weighted by Crippen LogP contribution is -2.04. The van der Waals surface area contributed by atoms with Crippen molar-refractivity contribution in [1.82, 2.24) is 5.32 Å². The highest BCUT2D eigenvalue weighted by molar-refractivity contribution is 6.32. The Hall–Kier alpha value is -1.52. The van der Waals surface area contributed by atoms with Gasteiger partial charge in [0.1, 0.15) is 29.7 Å². The van der Waals surface area contributed by atoms with Crippen LogP contribution in [0.4, 0.5) is 4.39 Å². The third-order valence-corrected chi connectivity index (χ3v) is 2.97. The molecule has 1 N–H and O–H groups in total. The standard InChI is InChI=1S/C14H15ClFNO2/c1-9-5-11(19-14(9)7-17-2)8-18-13-4-3-10(16)6-12(13)15/h3-6,17H,7-8H2,1-2H3. The number of halogens is 2. The molecule has 0 fully saturated rings. The lowest BCUT2D eigenvalue weighted by molar-refractivity contribution is 0.265. The first-order valence-electron chi connectivity index (χ1n) is 5.91. The van der Waals surface area contributed by atoms with E-state index < -0.39 is 0 Å². The van der Waals surface area contributed by atoms with Gasteiger partial charge >= 0.3 is 0 Å². The molecule has 0 saturated carbocycles. The van der Waals surface area contributed by atoms with Crippen molar-refractivity contribution in [1.29, 1.82) is 0 Å². The molecule has 0 saturated heterocycles. The average Bonchev–Trinajstić information content (AvgIpc) is 2.70. The van der Waals surface area contributed by atoms with E-state index in [1.807, 2.05) is 20.0 Å². The van der Waals surface area contributed by atoms with Gasteiger partial charge in [-0.05, 0) is 43.8 Å². The summed E-state index contributed by atoms with van der Waals surface area (Å²) < 4.78 is 24.0. The lowest BCUT2D eigenvalue weighted by atomic mass is 10.2. The normalized spacial score (nSPS) is 10.7. The van der Waals surface area contributed by atoms with E-state index in [1.165, 1.54) is 18.2 Å². The van der Waals surface area contributed by atoms with Gasteiger partial charge in [0.05, 0.1) is 11.6 Å². The first-order chi connectivity index (χ1) is 9.10. The van der Waals surface area contributed by atoms with Crippen LogP contribution in [0.1, 0.15) is 17.1 Å². The Kier molecular flexibility index (Phi) is 4.45. The predicted octanol–water partition coefficient (Wildman–Crippen LogP) is 3.68. The molecule has 5 heteroatoms. The molecule has 0 aliphatic heterocycles. The second kappa shape index (κ2) is 6.08. The van der Waals surface area contributed by atoms with Crippen LogP contribution in [0, 0.1) is 12.7 Å². The fraction of sp³-hybridized carbons (Fsp3) is 0.286. The largest absolute Gasteiger partial charge is 0.484 e. The summed E-state index contributed by atoms with van der Waals surface area (Å²) in [6.07, 6.45) is 0. The van der Waals surface area contributed by atoms with E-state index in [2.05, 4.69) is 5.32 Å². The van der Waals surface area contributed by atoms with Crippen LogP contribution in [-0.2, 0) is 13.2 Å². The zero-order valence-corrected chi connectivity index (χ0v) is 11.6. The Morgan fingerprint density at radius 2 is 2.16 bits per heavy atom. The molecular formula is C14H15ClFNO2. The van der Waals surface area contributed by atoms with Crippen LogP contribution in [0.2, 0.25) is 5.02 Å². The second-order valence-electron chi connectivity index (χ2n) is 4.21. The van der Waals surface area contributed by atoms with E-state index in [9.17, 15) is 4.39 Å². The van der Waals surface area contributed by atoms with Crippen LogP contribution in [0.25, 0.3) is 0 Å². The van der Waals surface area contributed by atoms with E-state index in [0.29, 0.717) is 18.1 Å². The Morgan fingerprint density at radius 1 is 1.37 bits per heavy atom. The highest BCUT2D eigenvalue weighted by atomic mass is 35.5. The van der Waals surface area contributed by atoms with Gasteiger partial charge in [0.2, 0.25) is 0 Å². The minimum absolute atomic E-state index is 0.249. The summed E-state index contributed by atoms with van der Waals surface area (Å²) in [7, 11) is 1.86. The van der Waals surface area contributed by atoms with Crippen LogP contribution in [0.3, 0.4) is 0 Å². The highest BCUT2D eigenvalue weighted by Gasteiger charge is 2.09. The van der Waals surface area contributed by atoms with Crippen molar-refractivity contribution in [2.75, 3.05) is 7.05 Å². The van der Waals surface area contributed by atoms with Crippen molar-refractivity contribution in [2.45, 2.75) is 20.1 Å². The van der Waals surface area contributed by atoms with Gasteiger partial charge in [-0.3, -0.25) is 0 Å². The summed E-state index contributed by atoms with van der Waals surface area (Å²) in [5.74, 6) is 1.64. The lowest BCUT2D eigenvalue weighted by Gasteiger charge is -2.06. The summed E-state index contributed by atoms with van der Waals surface area (Å²) in [6.45, 7) is 2.91. The molecule has 0 aliphatic carbocycles. The predicted molar refractivity (Wildman–Crippen MR) is 72.0 cm³/mol. The molecule has 2 rings (SSSR count). The van der Waals surface area contributed by atoms with Crippen molar-refractivity contribution in [3.05, 3.63) is 52.2 Å². The number of furan rings is 1. The number of rotatable bonds is 5. The Bertz CT molecular complexity index is 569. The van der Waals surface area contributed by atoms with Gasteiger partial charge < -0.3 is 14.5 Å². The van der Waals surface area contributed by atoms with Gasteiger partial charge in [-0.2, -0.15) is 0 Å². The topological polar surface area (TPSA) is 34.4 Å². The van der Waals surface area contributed by atoms with Crippen molar-refractivity contribution >= 4 is 11.6 Å². The number of aryl methyl sites for hydroxylation is 1. The zero-order valence-electron chi connectivity index (χ0n) is 10.8. The number of benzene rings is 1. The molecule has 1 heterocycles. The van der Waals surface area contributed by atoms with Crippen molar-refractivity contribution in [2.24, 2.45) is 0 Å².